The minimum Gasteiger partial charge on any atom is -0.484 e. The van der Waals surface area contributed by atoms with Crippen LogP contribution < -0.4 is 15.4 Å². The van der Waals surface area contributed by atoms with Gasteiger partial charge in [0.2, 0.25) is 5.89 Å². The maximum atomic E-state index is 13.4. The molecule has 2 N–H and O–H groups in total. The smallest absolute Gasteiger partial charge is 0.484 e. The van der Waals surface area contributed by atoms with Gasteiger partial charge < -0.3 is 19.9 Å². The van der Waals surface area contributed by atoms with Crippen LogP contribution in [0.5, 0.6) is 5.75 Å². The van der Waals surface area contributed by atoms with Gasteiger partial charge in [-0.1, -0.05) is 16.8 Å². The number of ether oxygens (including phenoxy) is 2. The summed E-state index contributed by atoms with van der Waals surface area (Å²) in [5, 5.41) is 9.98. The molecule has 0 unspecified atom stereocenters. The zero-order valence-electron chi connectivity index (χ0n) is 17.2. The second-order valence-electron chi connectivity index (χ2n) is 8.01. The molecule has 1 saturated heterocycles. The van der Waals surface area contributed by atoms with Gasteiger partial charge in [-0.25, -0.2) is 4.39 Å². The lowest BCUT2D eigenvalue weighted by molar-refractivity contribution is -0.352. The predicted molar refractivity (Wildman–Crippen MR) is 106 cm³/mol. The van der Waals surface area contributed by atoms with Crippen molar-refractivity contribution < 1.29 is 36.4 Å². The number of nitrogens with zero attached hydrogens (tertiary/aromatic N) is 2. The van der Waals surface area contributed by atoms with Crippen molar-refractivity contribution in [2.75, 3.05) is 13.2 Å². The normalized spacial score (nSPS) is 25.4. The van der Waals surface area contributed by atoms with E-state index in [-0.39, 0.29) is 54.1 Å². The molecular weight excluding hydrogens is 472 g/mol. The highest BCUT2D eigenvalue weighted by Gasteiger charge is 2.42. The number of rotatable bonds is 7. The fourth-order valence-corrected chi connectivity index (χ4v) is 3.91. The number of aromatic nitrogens is 2. The van der Waals surface area contributed by atoms with Crippen molar-refractivity contribution >= 4 is 17.5 Å². The molecule has 8 nitrogen and oxygen atoms in total. The Balaban J connectivity index is 1.18. The van der Waals surface area contributed by atoms with Gasteiger partial charge in [-0.3, -0.25) is 9.53 Å². The SMILES string of the molecule is O=C(COc1ccc(Cl)c(F)c1)N[C@H]1CC[C@H](c2noc([C@H]3C[C@@H](OC(F)(F)F)C3)n2)NC1. The fraction of sp³-hybridized carbons (Fsp3) is 0.550. The third-order valence-corrected chi connectivity index (χ3v) is 5.86. The van der Waals surface area contributed by atoms with Crippen molar-refractivity contribution in [1.82, 2.24) is 20.8 Å². The molecule has 0 radical (unpaired) electrons. The predicted octanol–water partition coefficient (Wildman–Crippen LogP) is 3.63. The number of carbonyl (C=O) groups is 1. The van der Waals surface area contributed by atoms with E-state index in [0.29, 0.717) is 31.1 Å². The van der Waals surface area contributed by atoms with Crippen molar-refractivity contribution in [2.24, 2.45) is 0 Å². The zero-order chi connectivity index (χ0) is 23.6. The van der Waals surface area contributed by atoms with E-state index in [1.807, 2.05) is 0 Å². The van der Waals surface area contributed by atoms with Gasteiger partial charge in [0.05, 0.1) is 17.2 Å². The molecule has 2 aliphatic rings. The average molecular weight is 493 g/mol. The maximum Gasteiger partial charge on any atom is 0.522 e. The molecule has 1 amide bonds. The minimum absolute atomic E-state index is 0.0317. The van der Waals surface area contributed by atoms with E-state index in [1.54, 1.807) is 0 Å². The summed E-state index contributed by atoms with van der Waals surface area (Å²) in [6, 6.07) is 3.59. The summed E-state index contributed by atoms with van der Waals surface area (Å²) >= 11 is 5.61. The molecule has 2 atom stereocenters. The van der Waals surface area contributed by atoms with Crippen LogP contribution in [0, 0.1) is 5.82 Å². The summed E-state index contributed by atoms with van der Waals surface area (Å²) in [5.74, 6) is -0.289. The highest BCUT2D eigenvalue weighted by molar-refractivity contribution is 6.30. The van der Waals surface area contributed by atoms with Gasteiger partial charge in [-0.2, -0.15) is 4.98 Å². The lowest BCUT2D eigenvalue weighted by Gasteiger charge is -2.32. The van der Waals surface area contributed by atoms with Crippen molar-refractivity contribution in [3.8, 4) is 5.75 Å². The summed E-state index contributed by atoms with van der Waals surface area (Å²) in [7, 11) is 0. The van der Waals surface area contributed by atoms with Crippen LogP contribution in [0.1, 0.15) is 49.4 Å². The van der Waals surface area contributed by atoms with Gasteiger partial charge >= 0.3 is 6.36 Å². The monoisotopic (exact) mass is 492 g/mol. The van der Waals surface area contributed by atoms with Crippen LogP contribution in [0.2, 0.25) is 5.02 Å². The van der Waals surface area contributed by atoms with Crippen LogP contribution in [0.3, 0.4) is 0 Å². The van der Waals surface area contributed by atoms with Crippen molar-refractivity contribution in [2.45, 2.75) is 56.2 Å². The molecule has 4 rings (SSSR count). The topological polar surface area (TPSA) is 98.5 Å². The number of carbonyl (C=O) groups excluding carboxylic acids is 1. The van der Waals surface area contributed by atoms with Crippen LogP contribution >= 0.6 is 11.6 Å². The van der Waals surface area contributed by atoms with Crippen LogP contribution in [-0.2, 0) is 9.53 Å². The molecular formula is C20H21ClF4N4O4. The quantitative estimate of drug-likeness (QED) is 0.569. The average Bonchev–Trinajstić information content (AvgIpc) is 3.21. The Morgan fingerprint density at radius 1 is 1.30 bits per heavy atom. The van der Waals surface area contributed by atoms with Gasteiger partial charge in [-0.15, -0.1) is 13.2 Å². The molecule has 33 heavy (non-hydrogen) atoms. The van der Waals surface area contributed by atoms with Crippen molar-refractivity contribution in [3.63, 3.8) is 0 Å². The van der Waals surface area contributed by atoms with Crippen LogP contribution in [0.25, 0.3) is 0 Å². The van der Waals surface area contributed by atoms with Crippen LogP contribution in [0.4, 0.5) is 17.6 Å². The zero-order valence-corrected chi connectivity index (χ0v) is 18.0. The van der Waals surface area contributed by atoms with Gasteiger partial charge in [0.1, 0.15) is 11.6 Å². The summed E-state index contributed by atoms with van der Waals surface area (Å²) in [6.07, 6.45) is -3.90. The second-order valence-corrected chi connectivity index (χ2v) is 8.42. The molecule has 2 heterocycles. The van der Waals surface area contributed by atoms with Crippen molar-refractivity contribution in [3.05, 3.63) is 40.8 Å². The van der Waals surface area contributed by atoms with Gasteiger partial charge in [0.15, 0.2) is 12.4 Å². The van der Waals surface area contributed by atoms with Crippen LogP contribution in [-0.4, -0.2) is 47.7 Å². The summed E-state index contributed by atoms with van der Waals surface area (Å²) < 4.78 is 64.6. The number of amides is 1. The lowest BCUT2D eigenvalue weighted by Crippen LogP contribution is -2.48. The number of alkyl halides is 3. The first-order valence-corrected chi connectivity index (χ1v) is 10.7. The number of benzene rings is 1. The van der Waals surface area contributed by atoms with E-state index in [4.69, 9.17) is 20.9 Å². The highest BCUT2D eigenvalue weighted by atomic mass is 35.5. The molecule has 2 aromatic rings. The Bertz CT molecular complexity index is 975. The number of nitrogens with one attached hydrogen (secondary N) is 2. The van der Waals surface area contributed by atoms with E-state index in [9.17, 15) is 22.4 Å². The Morgan fingerprint density at radius 3 is 2.76 bits per heavy atom. The number of hydrogen-bond donors (Lipinski definition) is 2. The molecule has 1 aliphatic heterocycles. The first kappa shape index (κ1) is 23.7. The standard InChI is InChI=1S/C20H21ClF4N4O4/c21-14-3-2-12(7-15(14)22)31-9-17(30)27-11-1-4-16(26-8-11)18-28-19(33-29-18)10-5-13(6-10)32-20(23,24)25/h2-3,7,10-11,13,16,26H,1,4-6,8-9H2,(H,27,30)/t10-,11-,13+,16+/m0/s1. The Hall–Kier alpha value is -2.44. The van der Waals surface area contributed by atoms with Crippen LogP contribution in [0.15, 0.2) is 22.7 Å². The Labute approximate surface area is 190 Å². The third-order valence-electron chi connectivity index (χ3n) is 5.55. The maximum absolute atomic E-state index is 13.4. The Morgan fingerprint density at radius 2 is 2.09 bits per heavy atom. The minimum atomic E-state index is -4.65. The summed E-state index contributed by atoms with van der Waals surface area (Å²) in [4.78, 5) is 16.4. The molecule has 13 heteroatoms. The molecule has 1 aliphatic carbocycles. The molecule has 1 saturated carbocycles. The molecule has 0 bridgehead atoms. The first-order chi connectivity index (χ1) is 15.7. The Kier molecular flexibility index (Phi) is 7.05. The van der Waals surface area contributed by atoms with E-state index >= 15 is 0 Å². The molecule has 1 aromatic carbocycles. The fourth-order valence-electron chi connectivity index (χ4n) is 3.79. The van der Waals surface area contributed by atoms with Gasteiger partial charge in [0, 0.05) is 24.6 Å². The van der Waals surface area contributed by atoms with E-state index in [2.05, 4.69) is 25.5 Å². The third kappa shape index (κ3) is 6.33. The van der Waals surface area contributed by atoms with E-state index < -0.39 is 18.3 Å². The summed E-state index contributed by atoms with van der Waals surface area (Å²) in [5.41, 5.74) is 0. The number of halogens is 5. The van der Waals surface area contributed by atoms with Crippen molar-refractivity contribution in [1.29, 1.82) is 0 Å². The number of piperidine rings is 1. The van der Waals surface area contributed by atoms with E-state index in [1.165, 1.54) is 12.1 Å². The second kappa shape index (κ2) is 9.82. The van der Waals surface area contributed by atoms with Gasteiger partial charge in [-0.05, 0) is 37.8 Å². The summed E-state index contributed by atoms with van der Waals surface area (Å²) in [6.45, 7) is 0.191. The lowest BCUT2D eigenvalue weighted by atomic mass is 9.82. The van der Waals surface area contributed by atoms with E-state index in [0.717, 1.165) is 6.07 Å². The molecule has 1 aromatic heterocycles. The van der Waals surface area contributed by atoms with Gasteiger partial charge in [0.25, 0.3) is 5.91 Å². The molecule has 180 valence electrons. The largest absolute Gasteiger partial charge is 0.522 e. The first-order valence-electron chi connectivity index (χ1n) is 10.3. The molecule has 0 spiro atoms. The highest BCUT2D eigenvalue weighted by Crippen LogP contribution is 2.41. The number of hydrogen-bond acceptors (Lipinski definition) is 7. The molecule has 2 fully saturated rings.